The van der Waals surface area contributed by atoms with Crippen molar-refractivity contribution in [1.82, 2.24) is 24.5 Å². The van der Waals surface area contributed by atoms with E-state index in [0.717, 1.165) is 27.8 Å². The number of amides is 1. The standard InChI is InChI=1S/C26H23N5O2/c1-17-7-11-19(12-8-17)15-27-23(32)16-30-21-5-3-4-6-22(21)31-24(28-29-25(31)26(30)33)20-13-9-18(2)10-14-20/h3-14H,15-16H2,1-2H3,(H,27,32). The minimum absolute atomic E-state index is 0.103. The lowest BCUT2D eigenvalue weighted by Gasteiger charge is -2.13. The number of aryl methyl sites for hydroxylation is 2. The molecule has 0 atom stereocenters. The molecule has 0 radical (unpaired) electrons. The number of hydrogen-bond donors (Lipinski definition) is 1. The van der Waals surface area contributed by atoms with Gasteiger partial charge in [0, 0.05) is 12.1 Å². The summed E-state index contributed by atoms with van der Waals surface area (Å²) in [5.41, 5.74) is 5.41. The van der Waals surface area contributed by atoms with Gasteiger partial charge in [0.05, 0.1) is 11.0 Å². The summed E-state index contributed by atoms with van der Waals surface area (Å²) in [7, 11) is 0. The first-order valence-electron chi connectivity index (χ1n) is 10.8. The van der Waals surface area contributed by atoms with Crippen LogP contribution < -0.4 is 10.9 Å². The summed E-state index contributed by atoms with van der Waals surface area (Å²) in [5.74, 6) is 0.347. The zero-order chi connectivity index (χ0) is 22.9. The number of carbonyl (C=O) groups is 1. The van der Waals surface area contributed by atoms with E-state index >= 15 is 0 Å². The van der Waals surface area contributed by atoms with E-state index in [0.29, 0.717) is 17.9 Å². The second kappa shape index (κ2) is 8.35. The van der Waals surface area contributed by atoms with Crippen LogP contribution in [0.15, 0.2) is 77.6 Å². The van der Waals surface area contributed by atoms with Crippen molar-refractivity contribution in [2.75, 3.05) is 0 Å². The normalized spacial score (nSPS) is 11.2. The highest BCUT2D eigenvalue weighted by Crippen LogP contribution is 2.22. The second-order valence-corrected chi connectivity index (χ2v) is 8.19. The topological polar surface area (TPSA) is 81.3 Å². The van der Waals surface area contributed by atoms with Crippen molar-refractivity contribution in [3.05, 3.63) is 99.8 Å². The van der Waals surface area contributed by atoms with Gasteiger partial charge in [0.15, 0.2) is 5.82 Å². The minimum Gasteiger partial charge on any atom is -0.350 e. The average molecular weight is 438 g/mol. The van der Waals surface area contributed by atoms with Gasteiger partial charge in [0.25, 0.3) is 5.56 Å². The first kappa shape index (κ1) is 20.6. The number of fused-ring (bicyclic) bond motifs is 3. The predicted octanol–water partition coefficient (Wildman–Crippen LogP) is 3.64. The molecule has 0 aliphatic carbocycles. The molecule has 7 heteroatoms. The molecule has 3 aromatic carbocycles. The molecule has 0 fully saturated rings. The van der Waals surface area contributed by atoms with Crippen LogP contribution in [0.3, 0.4) is 0 Å². The number of nitrogens with one attached hydrogen (secondary N) is 1. The van der Waals surface area contributed by atoms with Crippen LogP contribution in [-0.2, 0) is 17.9 Å². The number of nitrogens with zero attached hydrogens (tertiary/aromatic N) is 4. The SMILES string of the molecule is Cc1ccc(CNC(=O)Cn2c(=O)c3nnc(-c4ccc(C)cc4)n3c3ccccc32)cc1. The van der Waals surface area contributed by atoms with Crippen molar-refractivity contribution in [3.8, 4) is 11.4 Å². The first-order valence-corrected chi connectivity index (χ1v) is 10.8. The molecule has 1 amide bonds. The Bertz CT molecular complexity index is 1530. The van der Waals surface area contributed by atoms with E-state index in [9.17, 15) is 9.59 Å². The molecule has 0 aliphatic rings. The summed E-state index contributed by atoms with van der Waals surface area (Å²) in [4.78, 5) is 26.1. The average Bonchev–Trinajstić information content (AvgIpc) is 3.27. The molecule has 0 unspecified atom stereocenters. The highest BCUT2D eigenvalue weighted by atomic mass is 16.2. The van der Waals surface area contributed by atoms with E-state index in [1.54, 1.807) is 4.40 Å². The van der Waals surface area contributed by atoms with E-state index in [2.05, 4.69) is 15.5 Å². The van der Waals surface area contributed by atoms with Crippen molar-refractivity contribution in [1.29, 1.82) is 0 Å². The van der Waals surface area contributed by atoms with Gasteiger partial charge in [-0.2, -0.15) is 0 Å². The molecule has 2 heterocycles. The molecular formula is C26H23N5O2. The van der Waals surface area contributed by atoms with Crippen LogP contribution in [0.4, 0.5) is 0 Å². The first-order chi connectivity index (χ1) is 16.0. The maximum atomic E-state index is 13.3. The molecule has 0 spiro atoms. The Balaban J connectivity index is 1.53. The van der Waals surface area contributed by atoms with Crippen LogP contribution in [0.5, 0.6) is 0 Å². The molecule has 0 saturated heterocycles. The Morgan fingerprint density at radius 3 is 2.18 bits per heavy atom. The van der Waals surface area contributed by atoms with Gasteiger partial charge in [0.2, 0.25) is 11.6 Å². The van der Waals surface area contributed by atoms with Gasteiger partial charge in [-0.25, -0.2) is 0 Å². The van der Waals surface area contributed by atoms with Gasteiger partial charge < -0.3 is 5.32 Å². The number of para-hydroxylation sites is 2. The lowest BCUT2D eigenvalue weighted by Crippen LogP contribution is -2.33. The Labute approximate surface area is 190 Å². The fraction of sp³-hybridized carbons (Fsp3) is 0.154. The summed E-state index contributed by atoms with van der Waals surface area (Å²) in [5, 5.41) is 11.4. The van der Waals surface area contributed by atoms with Crippen LogP contribution in [0.25, 0.3) is 28.1 Å². The van der Waals surface area contributed by atoms with Crippen molar-refractivity contribution in [2.24, 2.45) is 0 Å². The maximum absolute atomic E-state index is 13.3. The number of hydrogen-bond acceptors (Lipinski definition) is 4. The van der Waals surface area contributed by atoms with E-state index < -0.39 is 0 Å². The lowest BCUT2D eigenvalue weighted by atomic mass is 10.1. The van der Waals surface area contributed by atoms with Crippen LogP contribution in [-0.4, -0.2) is 25.1 Å². The van der Waals surface area contributed by atoms with Gasteiger partial charge in [-0.05, 0) is 31.5 Å². The Morgan fingerprint density at radius 1 is 0.848 bits per heavy atom. The minimum atomic E-state index is -0.356. The van der Waals surface area contributed by atoms with E-state index in [-0.39, 0.29) is 23.7 Å². The lowest BCUT2D eigenvalue weighted by molar-refractivity contribution is -0.121. The van der Waals surface area contributed by atoms with E-state index in [4.69, 9.17) is 0 Å². The van der Waals surface area contributed by atoms with Gasteiger partial charge in [-0.15, -0.1) is 10.2 Å². The molecule has 0 bridgehead atoms. The third kappa shape index (κ3) is 3.89. The highest BCUT2D eigenvalue weighted by Gasteiger charge is 2.18. The molecular weight excluding hydrogens is 414 g/mol. The summed E-state index contributed by atoms with van der Waals surface area (Å²) >= 11 is 0. The molecule has 0 saturated carbocycles. The van der Waals surface area contributed by atoms with Gasteiger partial charge in [0.1, 0.15) is 6.54 Å². The highest BCUT2D eigenvalue weighted by molar-refractivity contribution is 5.83. The van der Waals surface area contributed by atoms with Crippen molar-refractivity contribution >= 4 is 22.6 Å². The molecule has 5 rings (SSSR count). The Morgan fingerprint density at radius 2 is 1.48 bits per heavy atom. The van der Waals surface area contributed by atoms with Crippen molar-refractivity contribution in [3.63, 3.8) is 0 Å². The zero-order valence-electron chi connectivity index (χ0n) is 18.4. The van der Waals surface area contributed by atoms with Crippen molar-refractivity contribution < 1.29 is 4.79 Å². The number of rotatable bonds is 5. The maximum Gasteiger partial charge on any atom is 0.297 e. The molecule has 5 aromatic rings. The smallest absolute Gasteiger partial charge is 0.297 e. The Hall–Kier alpha value is -4.26. The fourth-order valence-electron chi connectivity index (χ4n) is 3.92. The number of carbonyl (C=O) groups excluding carboxylic acids is 1. The van der Waals surface area contributed by atoms with Crippen LogP contribution in [0.2, 0.25) is 0 Å². The zero-order valence-corrected chi connectivity index (χ0v) is 18.4. The summed E-state index contributed by atoms with van der Waals surface area (Å²) in [6.45, 7) is 4.33. The molecule has 2 aromatic heterocycles. The van der Waals surface area contributed by atoms with E-state index in [1.807, 2.05) is 86.6 Å². The molecule has 164 valence electrons. The predicted molar refractivity (Wildman–Crippen MR) is 128 cm³/mol. The van der Waals surface area contributed by atoms with E-state index in [1.165, 1.54) is 4.57 Å². The van der Waals surface area contributed by atoms with Crippen LogP contribution in [0, 0.1) is 13.8 Å². The molecule has 1 N–H and O–H groups in total. The third-order valence-corrected chi connectivity index (χ3v) is 5.73. The third-order valence-electron chi connectivity index (χ3n) is 5.73. The van der Waals surface area contributed by atoms with Gasteiger partial charge in [-0.3, -0.25) is 18.6 Å². The molecule has 7 nitrogen and oxygen atoms in total. The van der Waals surface area contributed by atoms with Gasteiger partial charge in [-0.1, -0.05) is 71.8 Å². The van der Waals surface area contributed by atoms with Crippen molar-refractivity contribution in [2.45, 2.75) is 26.9 Å². The second-order valence-electron chi connectivity index (χ2n) is 8.19. The molecule has 0 aliphatic heterocycles. The molecule has 33 heavy (non-hydrogen) atoms. The van der Waals surface area contributed by atoms with Gasteiger partial charge >= 0.3 is 0 Å². The largest absolute Gasteiger partial charge is 0.350 e. The van der Waals surface area contributed by atoms with Crippen LogP contribution >= 0.6 is 0 Å². The Kier molecular flexibility index (Phi) is 5.22. The van der Waals surface area contributed by atoms with Crippen LogP contribution in [0.1, 0.15) is 16.7 Å². The summed E-state index contributed by atoms with van der Waals surface area (Å²) in [6.07, 6.45) is 0. The number of benzene rings is 3. The quantitative estimate of drug-likeness (QED) is 0.455. The summed E-state index contributed by atoms with van der Waals surface area (Å²) in [6, 6.07) is 23.4. The number of aromatic nitrogens is 4. The fourth-order valence-corrected chi connectivity index (χ4v) is 3.92. The summed E-state index contributed by atoms with van der Waals surface area (Å²) < 4.78 is 3.23. The monoisotopic (exact) mass is 437 g/mol.